The van der Waals surface area contributed by atoms with Gasteiger partial charge >= 0.3 is 50.8 Å². The van der Waals surface area contributed by atoms with Crippen LogP contribution in [0, 0.1) is 0 Å². The molecule has 0 rings (SSSR count). The first-order valence-electron chi connectivity index (χ1n) is 1.97. The van der Waals surface area contributed by atoms with Gasteiger partial charge in [-0.1, -0.05) is 0 Å². The minimum absolute atomic E-state index is 0.0938. The van der Waals surface area contributed by atoms with Crippen molar-refractivity contribution in [3.63, 3.8) is 0 Å². The zero-order valence-corrected chi connectivity index (χ0v) is 5.75. The van der Waals surface area contributed by atoms with Gasteiger partial charge in [0, 0.05) is 0 Å². The number of halogens is 3. The summed E-state index contributed by atoms with van der Waals surface area (Å²) in [5, 5.41) is -3.87. The minimum atomic E-state index is -3.97. The predicted octanol–water partition coefficient (Wildman–Crippen LogP) is 0.587. The summed E-state index contributed by atoms with van der Waals surface area (Å²) in [6.45, 7) is 0.138. The number of rotatable bonds is 2. The summed E-state index contributed by atoms with van der Waals surface area (Å²) >= 11 is -1.26. The molecule has 0 spiro atoms. The van der Waals surface area contributed by atoms with Crippen LogP contribution in [0.15, 0.2) is 0 Å². The third-order valence-corrected chi connectivity index (χ3v) is 1.99. The second-order valence-corrected chi connectivity index (χ2v) is 3.52. The van der Waals surface area contributed by atoms with Crippen molar-refractivity contribution in [3.05, 3.63) is 0 Å². The topological polar surface area (TPSA) is 26.0 Å². The third-order valence-electron chi connectivity index (χ3n) is 0.384. The molecule has 0 atom stereocenters. The van der Waals surface area contributed by atoms with E-state index in [1.807, 2.05) is 0 Å². The van der Waals surface area contributed by atoms with Crippen molar-refractivity contribution in [3.8, 4) is 0 Å². The molecule has 0 aromatic rings. The van der Waals surface area contributed by atoms with Gasteiger partial charge in [0.15, 0.2) is 0 Å². The van der Waals surface area contributed by atoms with Crippen molar-refractivity contribution in [2.75, 3.05) is 6.54 Å². The number of alkyl halides is 3. The Morgan fingerprint density at radius 3 is 2.00 bits per heavy atom. The van der Waals surface area contributed by atoms with Crippen molar-refractivity contribution >= 4 is 15.0 Å². The Bertz CT molecular complexity index is 62.0. The molecule has 0 heterocycles. The van der Waals surface area contributed by atoms with E-state index in [-0.39, 0.29) is 11.9 Å². The fourth-order valence-corrected chi connectivity index (χ4v) is 0.908. The van der Waals surface area contributed by atoms with Crippen LogP contribution in [0.2, 0.25) is 5.32 Å². The van der Waals surface area contributed by atoms with E-state index in [1.165, 1.54) is 0 Å². The van der Waals surface area contributed by atoms with Crippen LogP contribution in [0.5, 0.6) is 0 Å². The maximum atomic E-state index is 11.2. The molecule has 0 unspecified atom stereocenters. The Kier molecular flexibility index (Phi) is 3.44. The number of hydrogen-bond donors (Lipinski definition) is 1. The third kappa shape index (κ3) is 6.27. The van der Waals surface area contributed by atoms with Crippen LogP contribution in [-0.2, 0) is 0 Å². The SMILES string of the molecule is NCC[Se]C(F)(F)F. The van der Waals surface area contributed by atoms with Gasteiger partial charge in [-0.25, -0.2) is 0 Å². The molecule has 0 saturated heterocycles. The summed E-state index contributed by atoms with van der Waals surface area (Å²) in [7, 11) is 0. The van der Waals surface area contributed by atoms with Crippen molar-refractivity contribution in [2.24, 2.45) is 5.73 Å². The fraction of sp³-hybridized carbons (Fsp3) is 1.00. The zero-order valence-electron chi connectivity index (χ0n) is 4.03. The quantitative estimate of drug-likeness (QED) is 0.636. The molecule has 0 aliphatic carbocycles. The average Bonchev–Trinajstić information content (AvgIpc) is 1.59. The molecular weight excluding hydrogens is 186 g/mol. The second kappa shape index (κ2) is 3.33. The van der Waals surface area contributed by atoms with Crippen LogP contribution in [-0.4, -0.2) is 26.6 Å². The first-order chi connectivity index (χ1) is 3.56. The maximum absolute atomic E-state index is 11.2. The molecule has 50 valence electrons. The summed E-state index contributed by atoms with van der Waals surface area (Å²) in [6, 6.07) is 0. The van der Waals surface area contributed by atoms with E-state index in [0.29, 0.717) is 0 Å². The molecule has 5 heteroatoms. The summed E-state index contributed by atoms with van der Waals surface area (Å²) in [5.74, 6) is 0. The number of nitrogens with two attached hydrogens (primary N) is 1. The van der Waals surface area contributed by atoms with Crippen LogP contribution in [0.4, 0.5) is 13.2 Å². The molecule has 8 heavy (non-hydrogen) atoms. The molecule has 0 aromatic heterocycles. The Labute approximate surface area is 51.6 Å². The van der Waals surface area contributed by atoms with Gasteiger partial charge in [-0.15, -0.1) is 0 Å². The van der Waals surface area contributed by atoms with E-state index >= 15 is 0 Å². The van der Waals surface area contributed by atoms with Crippen molar-refractivity contribution in [1.29, 1.82) is 0 Å². The molecule has 1 nitrogen and oxygen atoms in total. The standard InChI is InChI=1S/C3H6F3NSe/c4-3(5,6)8-2-1-7/h1-2,7H2. The predicted molar refractivity (Wildman–Crippen MR) is 25.7 cm³/mol. The fourth-order valence-electron chi connectivity index (χ4n) is 0.175. The van der Waals surface area contributed by atoms with Gasteiger partial charge in [0.2, 0.25) is 0 Å². The normalized spacial score (nSPS) is 12.0. The molecule has 0 aromatic carbocycles. The van der Waals surface area contributed by atoms with Gasteiger partial charge < -0.3 is 0 Å². The molecule has 0 aliphatic heterocycles. The van der Waals surface area contributed by atoms with Crippen LogP contribution >= 0.6 is 0 Å². The molecule has 0 fully saturated rings. The Hall–Kier alpha value is 0.269. The van der Waals surface area contributed by atoms with E-state index < -0.39 is 20.0 Å². The van der Waals surface area contributed by atoms with Crippen LogP contribution in [0.1, 0.15) is 0 Å². The average molecular weight is 192 g/mol. The molecule has 0 aliphatic rings. The van der Waals surface area contributed by atoms with Gasteiger partial charge in [0.1, 0.15) is 0 Å². The monoisotopic (exact) mass is 193 g/mol. The van der Waals surface area contributed by atoms with Gasteiger partial charge in [-0.3, -0.25) is 0 Å². The Balaban J connectivity index is 3.11. The zero-order chi connectivity index (χ0) is 6.62. The Morgan fingerprint density at radius 2 is 1.88 bits per heavy atom. The van der Waals surface area contributed by atoms with Crippen molar-refractivity contribution < 1.29 is 13.2 Å². The Morgan fingerprint density at radius 1 is 1.38 bits per heavy atom. The van der Waals surface area contributed by atoms with E-state index in [0.717, 1.165) is 0 Å². The summed E-state index contributed by atoms with van der Waals surface area (Å²) < 4.78 is 33.6. The molecular formula is C3H6F3NSe. The van der Waals surface area contributed by atoms with Gasteiger partial charge in [0.05, 0.1) is 0 Å². The van der Waals surface area contributed by atoms with Crippen LogP contribution in [0.25, 0.3) is 0 Å². The van der Waals surface area contributed by atoms with E-state index in [2.05, 4.69) is 0 Å². The first kappa shape index (κ1) is 8.27. The van der Waals surface area contributed by atoms with Gasteiger partial charge in [-0.05, 0) is 0 Å². The van der Waals surface area contributed by atoms with Gasteiger partial charge in [0.25, 0.3) is 0 Å². The van der Waals surface area contributed by atoms with Crippen LogP contribution < -0.4 is 5.73 Å². The summed E-state index contributed by atoms with van der Waals surface area (Å²) in [4.78, 5) is 0. The first-order valence-corrected chi connectivity index (χ1v) is 4.04. The molecule has 0 radical (unpaired) electrons. The molecule has 0 amide bonds. The second-order valence-electron chi connectivity index (χ2n) is 1.08. The molecule has 0 bridgehead atoms. The van der Waals surface area contributed by atoms with E-state index in [1.54, 1.807) is 0 Å². The van der Waals surface area contributed by atoms with Crippen molar-refractivity contribution in [1.82, 2.24) is 0 Å². The van der Waals surface area contributed by atoms with E-state index in [4.69, 9.17) is 5.73 Å². The summed E-state index contributed by atoms with van der Waals surface area (Å²) in [6.07, 6.45) is 0. The van der Waals surface area contributed by atoms with Gasteiger partial charge in [-0.2, -0.15) is 0 Å². The van der Waals surface area contributed by atoms with E-state index in [9.17, 15) is 13.2 Å². The van der Waals surface area contributed by atoms with Crippen LogP contribution in [0.3, 0.4) is 0 Å². The molecule has 0 saturated carbocycles. The number of hydrogen-bond acceptors (Lipinski definition) is 1. The molecule has 2 N–H and O–H groups in total. The summed E-state index contributed by atoms with van der Waals surface area (Å²) in [5.41, 5.74) is 4.85. The van der Waals surface area contributed by atoms with Crippen molar-refractivity contribution in [2.45, 2.75) is 10.4 Å².